The summed E-state index contributed by atoms with van der Waals surface area (Å²) < 4.78 is 0. The van der Waals surface area contributed by atoms with Crippen molar-refractivity contribution in [3.8, 4) is 0 Å². The van der Waals surface area contributed by atoms with Crippen LogP contribution in [0.5, 0.6) is 0 Å². The highest BCUT2D eigenvalue weighted by atomic mass is 32.2. The van der Waals surface area contributed by atoms with Gasteiger partial charge >= 0.3 is 0 Å². The van der Waals surface area contributed by atoms with Gasteiger partial charge in [-0.15, -0.1) is 0 Å². The van der Waals surface area contributed by atoms with Crippen LogP contribution in [0.2, 0.25) is 0 Å². The summed E-state index contributed by atoms with van der Waals surface area (Å²) >= 11 is 2.03. The Hall–Kier alpha value is -0.780. The molecule has 1 aliphatic heterocycles. The van der Waals surface area contributed by atoms with E-state index >= 15 is 0 Å². The van der Waals surface area contributed by atoms with Crippen LogP contribution in [-0.2, 0) is 5.54 Å². The SMILES string of the molecule is Cc1nc(N2CCSCC2)ccc1C1(N)CC2(CC(N)C2)C1. The zero-order valence-electron chi connectivity index (χ0n) is 13.3. The van der Waals surface area contributed by atoms with Crippen LogP contribution in [0.4, 0.5) is 5.82 Å². The fourth-order valence-electron chi connectivity index (χ4n) is 4.86. The van der Waals surface area contributed by atoms with E-state index in [2.05, 4.69) is 24.0 Å². The monoisotopic (exact) mass is 318 g/mol. The lowest BCUT2D eigenvalue weighted by molar-refractivity contribution is -0.0593. The molecule has 2 heterocycles. The lowest BCUT2D eigenvalue weighted by atomic mass is 9.46. The van der Waals surface area contributed by atoms with E-state index in [0.717, 1.165) is 50.3 Å². The number of nitrogens with zero attached hydrogens (tertiary/aromatic N) is 2. The van der Waals surface area contributed by atoms with Gasteiger partial charge in [0.05, 0.1) is 0 Å². The largest absolute Gasteiger partial charge is 0.355 e. The predicted octanol–water partition coefficient (Wildman–Crippen LogP) is 2.00. The predicted molar refractivity (Wildman–Crippen MR) is 93.3 cm³/mol. The average molecular weight is 318 g/mol. The van der Waals surface area contributed by atoms with E-state index in [-0.39, 0.29) is 5.54 Å². The highest BCUT2D eigenvalue weighted by Gasteiger charge is 2.58. The molecule has 0 aromatic carbocycles. The summed E-state index contributed by atoms with van der Waals surface area (Å²) in [6.45, 7) is 4.32. The first kappa shape index (κ1) is 14.8. The number of aryl methyl sites for hydroxylation is 1. The van der Waals surface area contributed by atoms with Crippen molar-refractivity contribution in [1.82, 2.24) is 4.98 Å². The van der Waals surface area contributed by atoms with Crippen LogP contribution in [0.3, 0.4) is 0 Å². The molecule has 0 amide bonds. The minimum absolute atomic E-state index is 0.173. The molecule has 2 saturated carbocycles. The molecular formula is C17H26N4S. The van der Waals surface area contributed by atoms with Crippen LogP contribution >= 0.6 is 11.8 Å². The molecule has 120 valence electrons. The molecule has 1 saturated heterocycles. The first-order valence-corrected chi connectivity index (χ1v) is 9.51. The summed E-state index contributed by atoms with van der Waals surface area (Å²) in [4.78, 5) is 7.26. The van der Waals surface area contributed by atoms with Gasteiger partial charge < -0.3 is 16.4 Å². The minimum atomic E-state index is -0.173. The van der Waals surface area contributed by atoms with Gasteiger partial charge in [0.15, 0.2) is 0 Å². The Bertz CT molecular complexity index is 568. The van der Waals surface area contributed by atoms with Crippen LogP contribution in [0.1, 0.15) is 36.9 Å². The maximum atomic E-state index is 6.69. The Morgan fingerprint density at radius 3 is 2.50 bits per heavy atom. The highest BCUT2D eigenvalue weighted by Crippen LogP contribution is 2.62. The number of hydrogen-bond donors (Lipinski definition) is 2. The van der Waals surface area contributed by atoms with Crippen molar-refractivity contribution >= 4 is 17.6 Å². The third-order valence-electron chi connectivity index (χ3n) is 5.71. The van der Waals surface area contributed by atoms with E-state index in [1.54, 1.807) is 0 Å². The van der Waals surface area contributed by atoms with Crippen LogP contribution in [0, 0.1) is 12.3 Å². The second-order valence-electron chi connectivity index (χ2n) is 7.58. The van der Waals surface area contributed by atoms with E-state index in [1.165, 1.54) is 17.1 Å². The first-order chi connectivity index (χ1) is 10.5. The molecule has 1 spiro atoms. The lowest BCUT2D eigenvalue weighted by Gasteiger charge is -2.62. The van der Waals surface area contributed by atoms with Crippen molar-refractivity contribution in [2.75, 3.05) is 29.5 Å². The van der Waals surface area contributed by atoms with Gasteiger partial charge in [0.25, 0.3) is 0 Å². The van der Waals surface area contributed by atoms with Crippen molar-refractivity contribution in [1.29, 1.82) is 0 Å². The van der Waals surface area contributed by atoms with E-state index in [4.69, 9.17) is 16.5 Å². The molecule has 0 unspecified atom stereocenters. The van der Waals surface area contributed by atoms with Gasteiger partial charge in [-0.3, -0.25) is 0 Å². The quantitative estimate of drug-likeness (QED) is 0.873. The van der Waals surface area contributed by atoms with Crippen LogP contribution in [0.15, 0.2) is 12.1 Å². The number of rotatable bonds is 2. The maximum Gasteiger partial charge on any atom is 0.128 e. The Kier molecular flexibility index (Phi) is 3.44. The molecule has 0 radical (unpaired) electrons. The number of aromatic nitrogens is 1. The Morgan fingerprint density at radius 2 is 1.91 bits per heavy atom. The molecule has 1 aromatic rings. The summed E-state index contributed by atoms with van der Waals surface area (Å²) in [6.07, 6.45) is 4.47. The Balaban J connectivity index is 1.51. The third kappa shape index (κ3) is 2.34. The number of anilines is 1. The summed E-state index contributed by atoms with van der Waals surface area (Å²) in [5.41, 5.74) is 15.3. The Morgan fingerprint density at radius 1 is 1.23 bits per heavy atom. The van der Waals surface area contributed by atoms with Crippen molar-refractivity contribution < 1.29 is 0 Å². The van der Waals surface area contributed by atoms with Crippen molar-refractivity contribution in [2.45, 2.75) is 44.2 Å². The highest BCUT2D eigenvalue weighted by molar-refractivity contribution is 7.99. The molecule has 3 aliphatic rings. The topological polar surface area (TPSA) is 68.2 Å². The molecule has 0 atom stereocenters. The number of nitrogens with two attached hydrogens (primary N) is 2. The number of hydrogen-bond acceptors (Lipinski definition) is 5. The van der Waals surface area contributed by atoms with Crippen LogP contribution < -0.4 is 16.4 Å². The van der Waals surface area contributed by atoms with Gasteiger partial charge in [-0.1, -0.05) is 6.07 Å². The van der Waals surface area contributed by atoms with Gasteiger partial charge in [-0.2, -0.15) is 11.8 Å². The Labute approximate surface area is 137 Å². The second kappa shape index (κ2) is 5.11. The molecule has 5 heteroatoms. The van der Waals surface area contributed by atoms with Crippen molar-refractivity contribution in [2.24, 2.45) is 16.9 Å². The second-order valence-corrected chi connectivity index (χ2v) is 8.80. The minimum Gasteiger partial charge on any atom is -0.355 e. The average Bonchev–Trinajstić information content (AvgIpc) is 2.45. The molecular weight excluding hydrogens is 292 g/mol. The lowest BCUT2D eigenvalue weighted by Crippen LogP contribution is -2.63. The molecule has 22 heavy (non-hydrogen) atoms. The smallest absolute Gasteiger partial charge is 0.128 e. The third-order valence-corrected chi connectivity index (χ3v) is 6.66. The fraction of sp³-hybridized carbons (Fsp3) is 0.706. The molecule has 1 aromatic heterocycles. The number of pyridine rings is 1. The fourth-order valence-corrected chi connectivity index (χ4v) is 5.76. The van der Waals surface area contributed by atoms with Gasteiger partial charge in [0.2, 0.25) is 0 Å². The molecule has 0 bridgehead atoms. The van der Waals surface area contributed by atoms with Gasteiger partial charge in [-0.05, 0) is 49.7 Å². The molecule has 3 fully saturated rings. The summed E-state index contributed by atoms with van der Waals surface area (Å²) in [6, 6.07) is 4.80. The molecule has 4 nitrogen and oxygen atoms in total. The van der Waals surface area contributed by atoms with Gasteiger partial charge in [0, 0.05) is 41.9 Å². The molecule has 4 rings (SSSR count). The van der Waals surface area contributed by atoms with E-state index in [9.17, 15) is 0 Å². The number of thioether (sulfide) groups is 1. The standard InChI is InChI=1S/C17H26N4S/c1-12-14(17(19)10-16(11-17)8-13(18)9-16)2-3-15(20-12)21-4-6-22-7-5-21/h2-3,13H,4-11,18-19H2,1H3. The van der Waals surface area contributed by atoms with Crippen LogP contribution in [0.25, 0.3) is 0 Å². The molecule has 2 aliphatic carbocycles. The van der Waals surface area contributed by atoms with E-state index in [1.807, 2.05) is 11.8 Å². The summed E-state index contributed by atoms with van der Waals surface area (Å²) in [5, 5.41) is 0. The summed E-state index contributed by atoms with van der Waals surface area (Å²) in [7, 11) is 0. The zero-order valence-corrected chi connectivity index (χ0v) is 14.2. The zero-order chi connectivity index (χ0) is 15.4. The van der Waals surface area contributed by atoms with Gasteiger partial charge in [-0.25, -0.2) is 4.98 Å². The van der Waals surface area contributed by atoms with Crippen LogP contribution in [-0.4, -0.2) is 35.6 Å². The van der Waals surface area contributed by atoms with Crippen molar-refractivity contribution in [3.05, 3.63) is 23.4 Å². The van der Waals surface area contributed by atoms with Gasteiger partial charge in [0.1, 0.15) is 5.82 Å². The van der Waals surface area contributed by atoms with E-state index < -0.39 is 0 Å². The van der Waals surface area contributed by atoms with E-state index in [0.29, 0.717) is 11.5 Å². The van der Waals surface area contributed by atoms with Crippen molar-refractivity contribution in [3.63, 3.8) is 0 Å². The maximum absolute atomic E-state index is 6.69. The summed E-state index contributed by atoms with van der Waals surface area (Å²) in [5.74, 6) is 3.52. The first-order valence-electron chi connectivity index (χ1n) is 8.35. The molecule has 4 N–H and O–H groups in total. The normalized spacial score (nSPS) is 37.8.